The summed E-state index contributed by atoms with van der Waals surface area (Å²) in [6, 6.07) is 39.3. The first-order valence-electron chi connectivity index (χ1n) is 11.2. The molecule has 0 aromatic heterocycles. The molecular weight excluding hydrogens is 392 g/mol. The van der Waals surface area contributed by atoms with Crippen molar-refractivity contribution in [3.8, 4) is 0 Å². The van der Waals surface area contributed by atoms with E-state index in [1.165, 1.54) is 0 Å². The predicted octanol–water partition coefficient (Wildman–Crippen LogP) is 6.27. The van der Waals surface area contributed by atoms with E-state index in [9.17, 15) is 10.2 Å². The standard InChI is InChI=1S/C30H30O2/c1-24(30(32,27-18-10-4-11-19-27)28-20-12-5-13-21-28)22-23-29(31,25-14-6-2-7-15-25)26-16-8-3-9-17-26/h2-21,24,31-32H,22-23H2,1H3. The van der Waals surface area contributed by atoms with Gasteiger partial charge in [0.1, 0.15) is 11.2 Å². The molecule has 32 heavy (non-hydrogen) atoms. The molecule has 0 heterocycles. The molecule has 0 amide bonds. The molecule has 1 unspecified atom stereocenters. The molecule has 0 aliphatic rings. The molecule has 0 spiro atoms. The number of hydrogen-bond acceptors (Lipinski definition) is 2. The van der Waals surface area contributed by atoms with Gasteiger partial charge in [-0.15, -0.1) is 0 Å². The van der Waals surface area contributed by atoms with Crippen molar-refractivity contribution in [1.82, 2.24) is 0 Å². The van der Waals surface area contributed by atoms with E-state index in [1.54, 1.807) is 0 Å². The number of aliphatic hydroxyl groups is 2. The maximum Gasteiger partial charge on any atom is 0.117 e. The van der Waals surface area contributed by atoms with E-state index in [4.69, 9.17) is 0 Å². The van der Waals surface area contributed by atoms with E-state index in [-0.39, 0.29) is 5.92 Å². The third-order valence-corrected chi connectivity index (χ3v) is 6.58. The lowest BCUT2D eigenvalue weighted by molar-refractivity contribution is 0.00174. The third-order valence-electron chi connectivity index (χ3n) is 6.58. The highest BCUT2D eigenvalue weighted by molar-refractivity contribution is 5.38. The topological polar surface area (TPSA) is 40.5 Å². The van der Waals surface area contributed by atoms with Gasteiger partial charge in [-0.1, -0.05) is 128 Å². The minimum atomic E-state index is -1.16. The van der Waals surface area contributed by atoms with Gasteiger partial charge in [-0.25, -0.2) is 0 Å². The number of benzene rings is 4. The van der Waals surface area contributed by atoms with Crippen LogP contribution >= 0.6 is 0 Å². The highest BCUT2D eigenvalue weighted by atomic mass is 16.3. The van der Waals surface area contributed by atoms with Gasteiger partial charge in [0.15, 0.2) is 0 Å². The fraction of sp³-hybridized carbons (Fsp3) is 0.200. The van der Waals surface area contributed by atoms with Crippen LogP contribution in [0, 0.1) is 5.92 Å². The van der Waals surface area contributed by atoms with Crippen molar-refractivity contribution >= 4 is 0 Å². The maximum absolute atomic E-state index is 12.1. The molecule has 4 aromatic rings. The van der Waals surface area contributed by atoms with Gasteiger partial charge < -0.3 is 10.2 Å². The largest absolute Gasteiger partial charge is 0.380 e. The lowest BCUT2D eigenvalue weighted by Crippen LogP contribution is -2.37. The molecule has 0 aliphatic heterocycles. The van der Waals surface area contributed by atoms with Crippen molar-refractivity contribution in [3.05, 3.63) is 144 Å². The Morgan fingerprint density at radius 2 is 0.844 bits per heavy atom. The van der Waals surface area contributed by atoms with Crippen molar-refractivity contribution < 1.29 is 10.2 Å². The fourth-order valence-corrected chi connectivity index (χ4v) is 4.64. The molecule has 1 atom stereocenters. The first kappa shape index (κ1) is 22.0. The Morgan fingerprint density at radius 3 is 1.19 bits per heavy atom. The Hall–Kier alpha value is -3.20. The molecule has 0 saturated heterocycles. The second-order valence-corrected chi connectivity index (χ2v) is 8.53. The quantitative estimate of drug-likeness (QED) is 0.351. The average molecular weight is 423 g/mol. The number of hydrogen-bond donors (Lipinski definition) is 2. The predicted molar refractivity (Wildman–Crippen MR) is 130 cm³/mol. The van der Waals surface area contributed by atoms with E-state index in [0.29, 0.717) is 12.8 Å². The molecule has 0 saturated carbocycles. The van der Waals surface area contributed by atoms with Gasteiger partial charge in [0, 0.05) is 0 Å². The van der Waals surface area contributed by atoms with E-state index in [0.717, 1.165) is 22.3 Å². The normalized spacial score (nSPS) is 13.0. The molecule has 162 valence electrons. The lowest BCUT2D eigenvalue weighted by Gasteiger charge is -2.38. The summed E-state index contributed by atoms with van der Waals surface area (Å²) in [6.07, 6.45) is 1.12. The zero-order chi connectivity index (χ0) is 22.4. The summed E-state index contributed by atoms with van der Waals surface area (Å²) in [5.41, 5.74) is 1.16. The molecule has 2 N–H and O–H groups in total. The highest BCUT2D eigenvalue weighted by Crippen LogP contribution is 2.42. The minimum absolute atomic E-state index is 0.133. The Morgan fingerprint density at radius 1 is 0.531 bits per heavy atom. The Labute approximate surface area is 190 Å². The van der Waals surface area contributed by atoms with Crippen LogP contribution < -0.4 is 0 Å². The summed E-state index contributed by atoms with van der Waals surface area (Å²) in [7, 11) is 0. The highest BCUT2D eigenvalue weighted by Gasteiger charge is 2.40. The molecule has 2 heteroatoms. The van der Waals surface area contributed by atoms with Gasteiger partial charge >= 0.3 is 0 Å². The van der Waals surface area contributed by atoms with Crippen LogP contribution in [-0.2, 0) is 11.2 Å². The summed E-state index contributed by atoms with van der Waals surface area (Å²) < 4.78 is 0. The molecular formula is C30H30O2. The smallest absolute Gasteiger partial charge is 0.117 e. The van der Waals surface area contributed by atoms with E-state index in [2.05, 4.69) is 6.92 Å². The van der Waals surface area contributed by atoms with Crippen LogP contribution in [0.4, 0.5) is 0 Å². The average Bonchev–Trinajstić information content (AvgIpc) is 2.88. The van der Waals surface area contributed by atoms with Crippen LogP contribution in [0.2, 0.25) is 0 Å². The van der Waals surface area contributed by atoms with Crippen molar-refractivity contribution in [2.24, 2.45) is 5.92 Å². The summed E-state index contributed by atoms with van der Waals surface area (Å²) in [5.74, 6) is -0.133. The Balaban J connectivity index is 1.69. The minimum Gasteiger partial charge on any atom is -0.380 e. The monoisotopic (exact) mass is 422 g/mol. The fourth-order valence-electron chi connectivity index (χ4n) is 4.64. The van der Waals surface area contributed by atoms with E-state index >= 15 is 0 Å². The van der Waals surface area contributed by atoms with Crippen LogP contribution in [0.25, 0.3) is 0 Å². The lowest BCUT2D eigenvalue weighted by atomic mass is 9.72. The van der Waals surface area contributed by atoms with Gasteiger partial charge in [-0.3, -0.25) is 0 Å². The van der Waals surface area contributed by atoms with Crippen LogP contribution in [0.15, 0.2) is 121 Å². The molecule has 0 radical (unpaired) electrons. The van der Waals surface area contributed by atoms with Gasteiger partial charge in [0.05, 0.1) is 0 Å². The van der Waals surface area contributed by atoms with Crippen molar-refractivity contribution in [1.29, 1.82) is 0 Å². The number of rotatable bonds is 8. The summed E-state index contributed by atoms with van der Waals surface area (Å²) >= 11 is 0. The molecule has 0 bridgehead atoms. The second-order valence-electron chi connectivity index (χ2n) is 8.53. The zero-order valence-corrected chi connectivity index (χ0v) is 18.4. The Kier molecular flexibility index (Phi) is 6.55. The first-order valence-corrected chi connectivity index (χ1v) is 11.2. The second kappa shape index (κ2) is 9.52. The van der Waals surface area contributed by atoms with Crippen molar-refractivity contribution in [2.45, 2.75) is 31.0 Å². The summed E-state index contributed by atoms with van der Waals surface area (Å²) in [4.78, 5) is 0. The van der Waals surface area contributed by atoms with Crippen LogP contribution in [-0.4, -0.2) is 10.2 Å². The van der Waals surface area contributed by atoms with Gasteiger partial charge in [-0.05, 0) is 41.0 Å². The molecule has 4 aromatic carbocycles. The molecule has 4 rings (SSSR count). The SMILES string of the molecule is CC(CCC(O)(c1ccccc1)c1ccccc1)C(O)(c1ccccc1)c1ccccc1. The Bertz CT molecular complexity index is 1010. The zero-order valence-electron chi connectivity index (χ0n) is 18.4. The maximum atomic E-state index is 12.1. The van der Waals surface area contributed by atoms with Crippen molar-refractivity contribution in [2.75, 3.05) is 0 Å². The van der Waals surface area contributed by atoms with Crippen LogP contribution in [0.3, 0.4) is 0 Å². The molecule has 2 nitrogen and oxygen atoms in total. The van der Waals surface area contributed by atoms with Gasteiger partial charge in [-0.2, -0.15) is 0 Å². The van der Waals surface area contributed by atoms with Crippen LogP contribution in [0.1, 0.15) is 42.0 Å². The van der Waals surface area contributed by atoms with E-state index in [1.807, 2.05) is 121 Å². The van der Waals surface area contributed by atoms with E-state index < -0.39 is 11.2 Å². The van der Waals surface area contributed by atoms with Gasteiger partial charge in [0.2, 0.25) is 0 Å². The summed E-state index contributed by atoms with van der Waals surface area (Å²) in [5, 5.41) is 24.0. The van der Waals surface area contributed by atoms with Crippen molar-refractivity contribution in [3.63, 3.8) is 0 Å². The summed E-state index contributed by atoms with van der Waals surface area (Å²) in [6.45, 7) is 2.07. The molecule has 0 fully saturated rings. The van der Waals surface area contributed by atoms with Gasteiger partial charge in [0.25, 0.3) is 0 Å². The first-order chi connectivity index (χ1) is 15.5. The third kappa shape index (κ3) is 4.25. The van der Waals surface area contributed by atoms with Crippen LogP contribution in [0.5, 0.6) is 0 Å². The molecule has 0 aliphatic carbocycles.